The summed E-state index contributed by atoms with van der Waals surface area (Å²) in [4.78, 5) is 14.5. The van der Waals surface area contributed by atoms with Crippen LogP contribution in [0, 0.1) is 0 Å². The van der Waals surface area contributed by atoms with Crippen molar-refractivity contribution in [3.8, 4) is 5.75 Å². The van der Waals surface area contributed by atoms with Crippen LogP contribution in [0.1, 0.15) is 12.5 Å². The lowest BCUT2D eigenvalue weighted by Crippen LogP contribution is -2.33. The van der Waals surface area contributed by atoms with Gasteiger partial charge < -0.3 is 15.0 Å². The maximum absolute atomic E-state index is 12.5. The number of carbonyl (C=O) groups is 1. The number of benzene rings is 3. The standard InChI is InChI=1S/C23H24N2O2/c1-2-25(21-13-7-4-8-14-21)17-23(26)24-20-12-9-15-22(16-20)27-18-19-10-5-3-6-11-19/h3-16H,2,17-18H2,1H3,(H,24,26). The van der Waals surface area contributed by atoms with Crippen LogP contribution in [0.2, 0.25) is 0 Å². The van der Waals surface area contributed by atoms with Gasteiger partial charge in [0.05, 0.1) is 6.54 Å². The largest absolute Gasteiger partial charge is 0.489 e. The second kappa shape index (κ2) is 9.43. The molecule has 138 valence electrons. The molecule has 0 aliphatic heterocycles. The summed E-state index contributed by atoms with van der Waals surface area (Å²) in [5.41, 5.74) is 2.87. The van der Waals surface area contributed by atoms with Crippen molar-refractivity contribution in [3.63, 3.8) is 0 Å². The van der Waals surface area contributed by atoms with E-state index in [0.717, 1.165) is 29.2 Å². The number of hydrogen-bond acceptors (Lipinski definition) is 3. The lowest BCUT2D eigenvalue weighted by molar-refractivity contribution is -0.115. The number of carbonyl (C=O) groups excluding carboxylic acids is 1. The Labute approximate surface area is 160 Å². The predicted molar refractivity (Wildman–Crippen MR) is 110 cm³/mol. The third kappa shape index (κ3) is 5.61. The SMILES string of the molecule is CCN(CC(=O)Nc1cccc(OCc2ccccc2)c1)c1ccccc1. The molecule has 0 heterocycles. The quantitative estimate of drug-likeness (QED) is 0.631. The molecule has 1 amide bonds. The zero-order chi connectivity index (χ0) is 18.9. The first-order valence-electron chi connectivity index (χ1n) is 9.11. The fourth-order valence-corrected chi connectivity index (χ4v) is 2.80. The summed E-state index contributed by atoms with van der Waals surface area (Å²) in [7, 11) is 0. The van der Waals surface area contributed by atoms with Gasteiger partial charge >= 0.3 is 0 Å². The van der Waals surface area contributed by atoms with E-state index >= 15 is 0 Å². The smallest absolute Gasteiger partial charge is 0.243 e. The molecule has 3 aromatic rings. The predicted octanol–water partition coefficient (Wildman–Crippen LogP) is 4.73. The molecule has 3 rings (SSSR count). The van der Waals surface area contributed by atoms with E-state index in [-0.39, 0.29) is 5.91 Å². The van der Waals surface area contributed by atoms with E-state index in [9.17, 15) is 4.79 Å². The number of amides is 1. The number of hydrogen-bond donors (Lipinski definition) is 1. The Bertz CT molecular complexity index is 851. The molecule has 3 aromatic carbocycles. The third-order valence-electron chi connectivity index (χ3n) is 4.20. The van der Waals surface area contributed by atoms with Crippen LogP contribution in [0.25, 0.3) is 0 Å². The van der Waals surface area contributed by atoms with E-state index < -0.39 is 0 Å². The summed E-state index contributed by atoms with van der Waals surface area (Å²) < 4.78 is 5.82. The van der Waals surface area contributed by atoms with Gasteiger partial charge in [-0.2, -0.15) is 0 Å². The molecule has 0 aliphatic carbocycles. The van der Waals surface area contributed by atoms with E-state index in [1.807, 2.05) is 96.8 Å². The number of rotatable bonds is 8. The van der Waals surface area contributed by atoms with Crippen molar-refractivity contribution >= 4 is 17.3 Å². The van der Waals surface area contributed by atoms with Crippen molar-refractivity contribution in [2.24, 2.45) is 0 Å². The summed E-state index contributed by atoms with van der Waals surface area (Å²) in [5.74, 6) is 0.674. The van der Waals surface area contributed by atoms with Crippen molar-refractivity contribution in [1.82, 2.24) is 0 Å². The highest BCUT2D eigenvalue weighted by molar-refractivity contribution is 5.94. The molecule has 27 heavy (non-hydrogen) atoms. The first kappa shape index (κ1) is 18.5. The number of para-hydroxylation sites is 1. The first-order valence-corrected chi connectivity index (χ1v) is 9.11. The Morgan fingerprint density at radius 1 is 0.926 bits per heavy atom. The molecule has 0 aromatic heterocycles. The molecule has 0 spiro atoms. The summed E-state index contributed by atoms with van der Waals surface area (Å²) >= 11 is 0. The van der Waals surface area contributed by atoms with E-state index in [1.54, 1.807) is 0 Å². The van der Waals surface area contributed by atoms with Crippen LogP contribution in [0.15, 0.2) is 84.9 Å². The molecular weight excluding hydrogens is 336 g/mol. The molecule has 0 unspecified atom stereocenters. The maximum Gasteiger partial charge on any atom is 0.243 e. The molecule has 0 bridgehead atoms. The zero-order valence-electron chi connectivity index (χ0n) is 15.5. The number of nitrogens with zero attached hydrogens (tertiary/aromatic N) is 1. The number of likely N-dealkylation sites (N-methyl/N-ethyl adjacent to an activating group) is 1. The molecule has 4 nitrogen and oxygen atoms in total. The normalized spacial score (nSPS) is 10.3. The molecule has 4 heteroatoms. The van der Waals surface area contributed by atoms with Crippen molar-refractivity contribution in [2.45, 2.75) is 13.5 Å². The van der Waals surface area contributed by atoms with Gasteiger partial charge in [-0.05, 0) is 36.8 Å². The summed E-state index contributed by atoms with van der Waals surface area (Å²) in [6.07, 6.45) is 0. The Balaban J connectivity index is 1.57. The number of anilines is 2. The minimum absolute atomic E-state index is 0.0547. The molecule has 0 radical (unpaired) electrons. The Morgan fingerprint density at radius 3 is 2.33 bits per heavy atom. The van der Waals surface area contributed by atoms with E-state index in [4.69, 9.17) is 4.74 Å². The second-order valence-electron chi connectivity index (χ2n) is 6.20. The third-order valence-corrected chi connectivity index (χ3v) is 4.20. The average Bonchev–Trinajstić information content (AvgIpc) is 2.72. The van der Waals surface area contributed by atoms with Crippen LogP contribution >= 0.6 is 0 Å². The van der Waals surface area contributed by atoms with Gasteiger partial charge in [-0.25, -0.2) is 0 Å². The Morgan fingerprint density at radius 2 is 1.63 bits per heavy atom. The van der Waals surface area contributed by atoms with Crippen LogP contribution in [0.5, 0.6) is 5.75 Å². The highest BCUT2D eigenvalue weighted by Crippen LogP contribution is 2.19. The van der Waals surface area contributed by atoms with Gasteiger partial charge in [0.15, 0.2) is 0 Å². The van der Waals surface area contributed by atoms with Gasteiger partial charge in [0.2, 0.25) is 5.91 Å². The lowest BCUT2D eigenvalue weighted by atomic mass is 10.2. The monoisotopic (exact) mass is 360 g/mol. The van der Waals surface area contributed by atoms with Gasteiger partial charge in [-0.1, -0.05) is 54.6 Å². The van der Waals surface area contributed by atoms with E-state index in [0.29, 0.717) is 13.2 Å². The average molecular weight is 360 g/mol. The molecule has 0 atom stereocenters. The van der Waals surface area contributed by atoms with Gasteiger partial charge in [-0.15, -0.1) is 0 Å². The van der Waals surface area contributed by atoms with Gasteiger partial charge in [0.25, 0.3) is 0 Å². The topological polar surface area (TPSA) is 41.6 Å². The highest BCUT2D eigenvalue weighted by Gasteiger charge is 2.10. The number of nitrogens with one attached hydrogen (secondary N) is 1. The van der Waals surface area contributed by atoms with Gasteiger partial charge in [0.1, 0.15) is 12.4 Å². The van der Waals surface area contributed by atoms with Gasteiger partial charge in [0, 0.05) is 24.0 Å². The summed E-state index contributed by atoms with van der Waals surface area (Å²) in [6.45, 7) is 3.60. The van der Waals surface area contributed by atoms with Crippen LogP contribution in [-0.2, 0) is 11.4 Å². The maximum atomic E-state index is 12.5. The van der Waals surface area contributed by atoms with Crippen molar-refractivity contribution in [1.29, 1.82) is 0 Å². The minimum Gasteiger partial charge on any atom is -0.489 e. The van der Waals surface area contributed by atoms with Gasteiger partial charge in [-0.3, -0.25) is 4.79 Å². The van der Waals surface area contributed by atoms with Crippen molar-refractivity contribution in [3.05, 3.63) is 90.5 Å². The fourth-order valence-electron chi connectivity index (χ4n) is 2.80. The molecule has 0 saturated heterocycles. The minimum atomic E-state index is -0.0547. The molecular formula is C23H24N2O2. The second-order valence-corrected chi connectivity index (χ2v) is 6.20. The fraction of sp³-hybridized carbons (Fsp3) is 0.174. The number of ether oxygens (including phenoxy) is 1. The molecule has 0 aliphatic rings. The first-order chi connectivity index (χ1) is 13.2. The van der Waals surface area contributed by atoms with E-state index in [1.165, 1.54) is 0 Å². The van der Waals surface area contributed by atoms with E-state index in [2.05, 4.69) is 5.32 Å². The zero-order valence-corrected chi connectivity index (χ0v) is 15.5. The van der Waals surface area contributed by atoms with Crippen LogP contribution in [-0.4, -0.2) is 19.0 Å². The van der Waals surface area contributed by atoms with Crippen LogP contribution < -0.4 is 15.0 Å². The highest BCUT2D eigenvalue weighted by atomic mass is 16.5. The summed E-state index contributed by atoms with van der Waals surface area (Å²) in [5, 5.41) is 2.95. The van der Waals surface area contributed by atoms with Crippen molar-refractivity contribution in [2.75, 3.05) is 23.3 Å². The summed E-state index contributed by atoms with van der Waals surface area (Å²) in [6, 6.07) is 27.4. The van der Waals surface area contributed by atoms with Crippen LogP contribution in [0.3, 0.4) is 0 Å². The van der Waals surface area contributed by atoms with Crippen LogP contribution in [0.4, 0.5) is 11.4 Å². The molecule has 1 N–H and O–H groups in total. The molecule has 0 fully saturated rings. The lowest BCUT2D eigenvalue weighted by Gasteiger charge is -2.22. The Hall–Kier alpha value is -3.27. The molecule has 0 saturated carbocycles. The Kier molecular flexibility index (Phi) is 6.47. The van der Waals surface area contributed by atoms with Crippen molar-refractivity contribution < 1.29 is 9.53 Å².